The summed E-state index contributed by atoms with van der Waals surface area (Å²) in [5, 5.41) is 12.9. The summed E-state index contributed by atoms with van der Waals surface area (Å²) in [6.07, 6.45) is 4.14. The van der Waals surface area contributed by atoms with Crippen molar-refractivity contribution >= 4 is 17.4 Å². The van der Waals surface area contributed by atoms with Crippen molar-refractivity contribution in [1.29, 1.82) is 0 Å². The Morgan fingerprint density at radius 2 is 1.87 bits per heavy atom. The average Bonchev–Trinajstić information content (AvgIpc) is 3.30. The highest BCUT2D eigenvalue weighted by molar-refractivity contribution is 5.92. The molecule has 3 rings (SSSR count). The Labute approximate surface area is 179 Å². The first-order valence-corrected chi connectivity index (χ1v) is 11.0. The van der Waals surface area contributed by atoms with E-state index in [0.717, 1.165) is 12.8 Å². The SMILES string of the molecule is CC.Cc1nnc2c(N(CC(C)C)C(=O)OC(C)(C)C)cc(OC3CCCC3)nn12. The molecule has 0 unspecified atom stereocenters. The Balaban J connectivity index is 0.00000155. The molecule has 2 heterocycles. The quantitative estimate of drug-likeness (QED) is 0.664. The van der Waals surface area contributed by atoms with Gasteiger partial charge in [0.2, 0.25) is 11.5 Å². The van der Waals surface area contributed by atoms with Gasteiger partial charge in [-0.15, -0.1) is 15.3 Å². The number of hydrogen-bond acceptors (Lipinski definition) is 6. The number of hydrogen-bond donors (Lipinski definition) is 0. The lowest BCUT2D eigenvalue weighted by Gasteiger charge is -2.28. The van der Waals surface area contributed by atoms with Gasteiger partial charge in [-0.1, -0.05) is 27.7 Å². The van der Waals surface area contributed by atoms with E-state index in [4.69, 9.17) is 9.47 Å². The van der Waals surface area contributed by atoms with E-state index in [0.29, 0.717) is 29.6 Å². The van der Waals surface area contributed by atoms with Gasteiger partial charge in [0, 0.05) is 12.6 Å². The lowest BCUT2D eigenvalue weighted by atomic mass is 10.2. The molecule has 0 N–H and O–H groups in total. The zero-order valence-corrected chi connectivity index (χ0v) is 19.7. The number of carbonyl (C=O) groups excluding carboxylic acids is 1. The number of rotatable bonds is 5. The number of nitrogens with zero attached hydrogens (tertiary/aromatic N) is 5. The van der Waals surface area contributed by atoms with E-state index in [1.54, 1.807) is 15.5 Å². The molecule has 0 bridgehead atoms. The Morgan fingerprint density at radius 1 is 1.23 bits per heavy atom. The third kappa shape index (κ3) is 6.06. The van der Waals surface area contributed by atoms with E-state index in [2.05, 4.69) is 29.1 Å². The molecule has 0 saturated heterocycles. The van der Waals surface area contributed by atoms with Crippen molar-refractivity contribution in [2.75, 3.05) is 11.4 Å². The second kappa shape index (κ2) is 10.1. The third-order valence-corrected chi connectivity index (χ3v) is 4.53. The molecule has 0 aliphatic heterocycles. The Hall–Kier alpha value is -2.38. The minimum absolute atomic E-state index is 0.162. The van der Waals surface area contributed by atoms with Crippen molar-refractivity contribution in [3.05, 3.63) is 11.9 Å². The molecule has 1 amide bonds. The number of anilines is 1. The third-order valence-electron chi connectivity index (χ3n) is 4.53. The van der Waals surface area contributed by atoms with Crippen molar-refractivity contribution in [3.8, 4) is 5.88 Å². The molecule has 2 aromatic heterocycles. The molecule has 30 heavy (non-hydrogen) atoms. The zero-order chi connectivity index (χ0) is 22.5. The predicted octanol–water partition coefficient (Wildman–Crippen LogP) is 5.18. The molecule has 1 saturated carbocycles. The van der Waals surface area contributed by atoms with Crippen LogP contribution in [0.5, 0.6) is 5.88 Å². The number of aryl methyl sites for hydroxylation is 1. The summed E-state index contributed by atoms with van der Waals surface area (Å²) in [7, 11) is 0. The Morgan fingerprint density at radius 3 is 2.43 bits per heavy atom. The first-order chi connectivity index (χ1) is 14.1. The fourth-order valence-corrected chi connectivity index (χ4v) is 3.33. The molecule has 0 aromatic carbocycles. The monoisotopic (exact) mass is 419 g/mol. The van der Waals surface area contributed by atoms with Crippen molar-refractivity contribution in [1.82, 2.24) is 19.8 Å². The van der Waals surface area contributed by atoms with Crippen LogP contribution < -0.4 is 9.64 Å². The number of aromatic nitrogens is 4. The predicted molar refractivity (Wildman–Crippen MR) is 118 cm³/mol. The fraction of sp³-hybridized carbons (Fsp3) is 0.727. The van der Waals surface area contributed by atoms with Crippen LogP contribution in [0.3, 0.4) is 0 Å². The van der Waals surface area contributed by atoms with Crippen LogP contribution in [0.25, 0.3) is 5.65 Å². The molecular formula is C22H37N5O3. The van der Waals surface area contributed by atoms with Gasteiger partial charge in [0.25, 0.3) is 0 Å². The number of carbonyl (C=O) groups is 1. The van der Waals surface area contributed by atoms with Crippen molar-refractivity contribution in [2.24, 2.45) is 5.92 Å². The van der Waals surface area contributed by atoms with Crippen LogP contribution >= 0.6 is 0 Å². The summed E-state index contributed by atoms with van der Waals surface area (Å²) in [5.41, 5.74) is 0.525. The molecule has 1 fully saturated rings. The summed E-state index contributed by atoms with van der Waals surface area (Å²) in [4.78, 5) is 14.6. The minimum atomic E-state index is -0.595. The largest absolute Gasteiger partial charge is 0.473 e. The zero-order valence-electron chi connectivity index (χ0n) is 19.7. The first kappa shape index (κ1) is 23.9. The van der Waals surface area contributed by atoms with Crippen LogP contribution in [0.1, 0.15) is 80.0 Å². The van der Waals surface area contributed by atoms with E-state index < -0.39 is 11.7 Å². The summed E-state index contributed by atoms with van der Waals surface area (Å²) >= 11 is 0. The summed E-state index contributed by atoms with van der Waals surface area (Å²) in [6.45, 7) is 16.0. The van der Waals surface area contributed by atoms with Crippen LogP contribution in [0.2, 0.25) is 0 Å². The molecule has 2 aromatic rings. The standard InChI is InChI=1S/C20H31N5O3.C2H6/c1-13(2)12-24(19(26)28-20(4,5)6)16-11-17(27-15-9-7-8-10-15)23-25-14(3)21-22-18(16)25;1-2/h11,13,15H,7-10,12H2,1-6H3;1-2H3. The van der Waals surface area contributed by atoms with Gasteiger partial charge >= 0.3 is 6.09 Å². The van der Waals surface area contributed by atoms with E-state index in [1.165, 1.54) is 12.8 Å². The van der Waals surface area contributed by atoms with Crippen molar-refractivity contribution in [2.45, 2.75) is 92.8 Å². The van der Waals surface area contributed by atoms with Crippen LogP contribution in [-0.2, 0) is 4.74 Å². The van der Waals surface area contributed by atoms with E-state index in [1.807, 2.05) is 41.5 Å². The molecule has 1 aliphatic rings. The van der Waals surface area contributed by atoms with Crippen molar-refractivity contribution < 1.29 is 14.3 Å². The molecule has 0 spiro atoms. The molecule has 8 nitrogen and oxygen atoms in total. The van der Waals surface area contributed by atoms with Gasteiger partial charge in [-0.3, -0.25) is 4.90 Å². The maximum Gasteiger partial charge on any atom is 0.414 e. The first-order valence-electron chi connectivity index (χ1n) is 11.0. The van der Waals surface area contributed by atoms with Crippen LogP contribution in [-0.4, -0.2) is 44.2 Å². The van der Waals surface area contributed by atoms with E-state index >= 15 is 0 Å². The lowest BCUT2D eigenvalue weighted by molar-refractivity contribution is 0.0576. The number of fused-ring (bicyclic) bond motifs is 1. The molecule has 1 aliphatic carbocycles. The highest BCUT2D eigenvalue weighted by atomic mass is 16.6. The van der Waals surface area contributed by atoms with E-state index in [9.17, 15) is 4.79 Å². The van der Waals surface area contributed by atoms with Gasteiger partial charge in [-0.05, 0) is 59.3 Å². The molecular weight excluding hydrogens is 382 g/mol. The second-order valence-corrected chi connectivity index (χ2v) is 8.86. The molecule has 0 radical (unpaired) electrons. The maximum atomic E-state index is 13.0. The van der Waals surface area contributed by atoms with Gasteiger partial charge in [-0.25, -0.2) is 4.79 Å². The van der Waals surface area contributed by atoms with Crippen molar-refractivity contribution in [3.63, 3.8) is 0 Å². The van der Waals surface area contributed by atoms with Crippen LogP contribution in [0.4, 0.5) is 10.5 Å². The smallest absolute Gasteiger partial charge is 0.414 e. The van der Waals surface area contributed by atoms with Gasteiger partial charge < -0.3 is 9.47 Å². The summed E-state index contributed by atoms with van der Waals surface area (Å²) in [6, 6.07) is 1.79. The minimum Gasteiger partial charge on any atom is -0.473 e. The Bertz CT molecular complexity index is 835. The fourth-order valence-electron chi connectivity index (χ4n) is 3.33. The number of amides is 1. The molecule has 168 valence electrons. The van der Waals surface area contributed by atoms with Crippen LogP contribution in [0.15, 0.2) is 6.07 Å². The second-order valence-electron chi connectivity index (χ2n) is 8.86. The average molecular weight is 420 g/mol. The topological polar surface area (TPSA) is 81.9 Å². The highest BCUT2D eigenvalue weighted by Crippen LogP contribution is 2.29. The maximum absolute atomic E-state index is 13.0. The Kier molecular flexibility index (Phi) is 8.03. The summed E-state index contributed by atoms with van der Waals surface area (Å²) < 4.78 is 13.4. The van der Waals surface area contributed by atoms with Crippen LogP contribution in [0, 0.1) is 12.8 Å². The number of ether oxygens (including phenoxy) is 2. The van der Waals surface area contributed by atoms with E-state index in [-0.39, 0.29) is 12.0 Å². The summed E-state index contributed by atoms with van der Waals surface area (Å²) in [5.74, 6) is 1.36. The highest BCUT2D eigenvalue weighted by Gasteiger charge is 2.28. The lowest BCUT2D eigenvalue weighted by Crippen LogP contribution is -2.39. The van der Waals surface area contributed by atoms with Gasteiger partial charge in [0.05, 0.1) is 5.69 Å². The van der Waals surface area contributed by atoms with Gasteiger partial charge in [-0.2, -0.15) is 4.52 Å². The normalized spacial score (nSPS) is 14.6. The molecule has 8 heteroatoms. The van der Waals surface area contributed by atoms with Gasteiger partial charge in [0.15, 0.2) is 5.82 Å². The van der Waals surface area contributed by atoms with Gasteiger partial charge in [0.1, 0.15) is 11.7 Å². The molecule has 0 atom stereocenters.